The molecule has 0 fully saturated rings. The van der Waals surface area contributed by atoms with Crippen LogP contribution in [0.3, 0.4) is 0 Å². The van der Waals surface area contributed by atoms with Crippen molar-refractivity contribution in [2.24, 2.45) is 0 Å². The number of benzene rings is 2. The summed E-state index contributed by atoms with van der Waals surface area (Å²) in [5.74, 6) is 1.77. The average molecular weight is 557 g/mol. The highest BCUT2D eigenvalue weighted by molar-refractivity contribution is 5.40. The summed E-state index contributed by atoms with van der Waals surface area (Å²) in [5, 5.41) is 7.91. The minimum absolute atomic E-state index is 0.0580. The van der Waals surface area contributed by atoms with Gasteiger partial charge in [0.05, 0.1) is 6.61 Å². The molecule has 0 aliphatic heterocycles. The largest absolute Gasteiger partial charge is 0.494 e. The van der Waals surface area contributed by atoms with Crippen molar-refractivity contribution in [2.45, 2.75) is 123 Å². The Morgan fingerprint density at radius 3 is 1.90 bits per heavy atom. The summed E-state index contributed by atoms with van der Waals surface area (Å²) >= 11 is 0. The molecule has 0 radical (unpaired) electrons. The van der Waals surface area contributed by atoms with Gasteiger partial charge in [0.25, 0.3) is 0 Å². The number of fused-ring (bicyclic) bond motifs is 1. The Morgan fingerprint density at radius 2 is 1.29 bits per heavy atom. The molecule has 2 aromatic carbocycles. The van der Waals surface area contributed by atoms with E-state index in [2.05, 4.69) is 97.5 Å². The molecule has 1 N–H and O–H groups in total. The van der Waals surface area contributed by atoms with Crippen LogP contribution in [0.2, 0.25) is 0 Å². The van der Waals surface area contributed by atoms with Crippen molar-refractivity contribution < 1.29 is 4.74 Å². The van der Waals surface area contributed by atoms with Crippen LogP contribution < -0.4 is 4.74 Å². The fraction of sp³-hybridized carbons (Fsp3) is 0.556. The lowest BCUT2D eigenvalue weighted by atomic mass is 9.93. The molecule has 0 amide bonds. The minimum atomic E-state index is 0.0580. The van der Waals surface area contributed by atoms with Crippen molar-refractivity contribution in [3.63, 3.8) is 0 Å². The molecule has 0 unspecified atom stereocenters. The van der Waals surface area contributed by atoms with Crippen LogP contribution in [0, 0.1) is 0 Å². The molecule has 0 spiro atoms. The first-order valence-electron chi connectivity index (χ1n) is 16.2. The second kappa shape index (κ2) is 15.8. The molecule has 41 heavy (non-hydrogen) atoms. The van der Waals surface area contributed by atoms with Crippen LogP contribution in [-0.4, -0.2) is 26.4 Å². The molecule has 222 valence electrons. The smallest absolute Gasteiger partial charge is 0.175 e. The second-order valence-electron chi connectivity index (χ2n) is 12.7. The molecule has 0 saturated carbocycles. The van der Waals surface area contributed by atoms with Crippen molar-refractivity contribution in [1.29, 1.82) is 0 Å². The predicted octanol–water partition coefficient (Wildman–Crippen LogP) is 9.42. The zero-order valence-electron chi connectivity index (χ0n) is 26.1. The molecule has 5 heteroatoms. The number of nitrogens with zero attached hydrogens (tertiary/aromatic N) is 3. The summed E-state index contributed by atoms with van der Waals surface area (Å²) in [6.07, 6.45) is 17.8. The lowest BCUT2D eigenvalue weighted by molar-refractivity contribution is 0.310. The lowest BCUT2D eigenvalue weighted by Crippen LogP contribution is -2.12. The zero-order valence-corrected chi connectivity index (χ0v) is 26.1. The second-order valence-corrected chi connectivity index (χ2v) is 12.7. The van der Waals surface area contributed by atoms with Crippen molar-refractivity contribution in [2.75, 3.05) is 6.61 Å². The van der Waals surface area contributed by atoms with Gasteiger partial charge in [-0.05, 0) is 54.5 Å². The van der Waals surface area contributed by atoms with Gasteiger partial charge in [-0.3, -0.25) is 5.10 Å². The molecule has 0 aliphatic carbocycles. The Hall–Kier alpha value is -3.08. The maximum Gasteiger partial charge on any atom is 0.175 e. The first-order chi connectivity index (χ1) is 19.9. The highest BCUT2D eigenvalue weighted by atomic mass is 16.5. The number of aromatic amines is 1. The van der Waals surface area contributed by atoms with Gasteiger partial charge in [0.15, 0.2) is 11.5 Å². The molecule has 0 saturated heterocycles. The van der Waals surface area contributed by atoms with Crippen LogP contribution in [-0.2, 0) is 24.7 Å². The number of aryl methyl sites for hydroxylation is 2. The Morgan fingerprint density at radius 1 is 0.707 bits per heavy atom. The molecule has 2 heterocycles. The fourth-order valence-electron chi connectivity index (χ4n) is 5.31. The van der Waals surface area contributed by atoms with Crippen molar-refractivity contribution >= 4 is 5.65 Å². The van der Waals surface area contributed by atoms with Gasteiger partial charge < -0.3 is 4.74 Å². The van der Waals surface area contributed by atoms with E-state index in [1.807, 2.05) is 0 Å². The van der Waals surface area contributed by atoms with Crippen molar-refractivity contribution in [3.05, 3.63) is 82.8 Å². The standard InChI is InChI=1S/C36H52N4O/c1-5-6-7-8-9-10-11-12-13-14-16-29-18-20-30(21-19-29)27-31-22-24-32(25-23-31)41-26-15-17-34-37-35-28-33(36(2,3)4)38-40(35)39-34/h18-25,28,38H,5-17,26-27H2,1-4H3. The molecule has 0 aliphatic rings. The summed E-state index contributed by atoms with van der Waals surface area (Å²) < 4.78 is 7.77. The number of unbranched alkanes of at least 4 members (excludes halogenated alkanes) is 9. The minimum Gasteiger partial charge on any atom is -0.494 e. The van der Waals surface area contributed by atoms with E-state index >= 15 is 0 Å². The fourth-order valence-corrected chi connectivity index (χ4v) is 5.31. The third-order valence-corrected chi connectivity index (χ3v) is 7.97. The summed E-state index contributed by atoms with van der Waals surface area (Å²) in [6, 6.07) is 19.8. The van der Waals surface area contributed by atoms with E-state index in [4.69, 9.17) is 4.74 Å². The number of nitrogens with one attached hydrogen (secondary N) is 1. The van der Waals surface area contributed by atoms with Crippen LogP contribution in [0.5, 0.6) is 5.75 Å². The van der Waals surface area contributed by atoms with Crippen LogP contribution in [0.4, 0.5) is 0 Å². The van der Waals surface area contributed by atoms with E-state index < -0.39 is 0 Å². The molecule has 0 bridgehead atoms. The molecule has 4 rings (SSSR count). The van der Waals surface area contributed by atoms with Gasteiger partial charge in [-0.15, -0.1) is 5.10 Å². The van der Waals surface area contributed by atoms with Gasteiger partial charge in [0, 0.05) is 23.6 Å². The lowest BCUT2D eigenvalue weighted by Gasteiger charge is -2.14. The number of H-pyrrole nitrogens is 1. The van der Waals surface area contributed by atoms with Crippen LogP contribution >= 0.6 is 0 Å². The summed E-state index contributed by atoms with van der Waals surface area (Å²) in [4.78, 5) is 4.65. The Labute approximate surface area is 248 Å². The first-order valence-corrected chi connectivity index (χ1v) is 16.2. The predicted molar refractivity (Wildman–Crippen MR) is 171 cm³/mol. The number of rotatable bonds is 18. The van der Waals surface area contributed by atoms with E-state index in [1.54, 1.807) is 4.63 Å². The van der Waals surface area contributed by atoms with E-state index in [0.29, 0.717) is 6.61 Å². The van der Waals surface area contributed by atoms with Crippen LogP contribution in [0.15, 0.2) is 54.6 Å². The normalized spacial score (nSPS) is 11.9. The summed E-state index contributed by atoms with van der Waals surface area (Å²) in [6.45, 7) is 9.48. The van der Waals surface area contributed by atoms with Gasteiger partial charge in [0.1, 0.15) is 5.75 Å². The maximum absolute atomic E-state index is 5.99. The quantitative estimate of drug-likeness (QED) is 0.124. The Bertz CT molecular complexity index is 1250. The van der Waals surface area contributed by atoms with Gasteiger partial charge in [0.2, 0.25) is 0 Å². The summed E-state index contributed by atoms with van der Waals surface area (Å²) in [5.41, 5.74) is 6.22. The molecule has 0 atom stereocenters. The number of aromatic nitrogens is 4. The third kappa shape index (κ3) is 10.4. The highest BCUT2D eigenvalue weighted by Gasteiger charge is 2.18. The number of hydrogen-bond donors (Lipinski definition) is 1. The molecular weight excluding hydrogens is 504 g/mol. The third-order valence-electron chi connectivity index (χ3n) is 7.97. The van der Waals surface area contributed by atoms with Crippen LogP contribution in [0.25, 0.3) is 5.65 Å². The van der Waals surface area contributed by atoms with Gasteiger partial charge in [-0.25, -0.2) is 4.98 Å². The number of ether oxygens (including phenoxy) is 1. The van der Waals surface area contributed by atoms with Gasteiger partial charge in [-0.2, -0.15) is 4.63 Å². The van der Waals surface area contributed by atoms with E-state index in [1.165, 1.54) is 87.3 Å². The Kier molecular flexibility index (Phi) is 11.9. The number of hydrogen-bond acceptors (Lipinski definition) is 3. The van der Waals surface area contributed by atoms with Gasteiger partial charge >= 0.3 is 0 Å². The van der Waals surface area contributed by atoms with Crippen molar-refractivity contribution in [1.82, 2.24) is 19.8 Å². The molecule has 4 aromatic rings. The van der Waals surface area contributed by atoms with Crippen molar-refractivity contribution in [3.8, 4) is 5.75 Å². The topological polar surface area (TPSA) is 55.2 Å². The molecular formula is C36H52N4O. The SMILES string of the molecule is CCCCCCCCCCCCc1ccc(Cc2ccc(OCCCc3nc4cc(C(C)(C)C)[nH]n4n3)cc2)cc1. The first kappa shape index (κ1) is 30.9. The maximum atomic E-state index is 5.99. The van der Waals surface area contributed by atoms with Gasteiger partial charge in [-0.1, -0.05) is 122 Å². The molecule has 2 aromatic heterocycles. The zero-order chi connectivity index (χ0) is 28.9. The summed E-state index contributed by atoms with van der Waals surface area (Å²) in [7, 11) is 0. The Balaban J connectivity index is 1.09. The monoisotopic (exact) mass is 556 g/mol. The van der Waals surface area contributed by atoms with E-state index in [9.17, 15) is 0 Å². The molecule has 5 nitrogen and oxygen atoms in total. The highest BCUT2D eigenvalue weighted by Crippen LogP contribution is 2.22. The van der Waals surface area contributed by atoms with E-state index in [0.717, 1.165) is 42.2 Å². The van der Waals surface area contributed by atoms with Crippen LogP contribution in [0.1, 0.15) is 127 Å². The average Bonchev–Trinajstić information content (AvgIpc) is 3.54. The van der Waals surface area contributed by atoms with E-state index in [-0.39, 0.29) is 5.41 Å².